The molecule has 12 aromatic heterocycles. The van der Waals surface area contributed by atoms with E-state index in [4.69, 9.17) is 165 Å². The van der Waals surface area contributed by atoms with Gasteiger partial charge in [0.2, 0.25) is 0 Å². The van der Waals surface area contributed by atoms with Gasteiger partial charge in [-0.15, -0.1) is 0 Å². The number of aliphatic hydroxyl groups excluding tert-OH is 6. The van der Waals surface area contributed by atoms with Crippen LogP contribution >= 0.6 is 52.6 Å². The molecule has 58 nitrogen and oxygen atoms in total. The monoisotopic (exact) mass is 2070 g/mol. The predicted molar refractivity (Wildman–Crippen MR) is 463 cm³/mol. The molecule has 0 aliphatic carbocycles. The largest absolute Gasteiger partial charge is 0.386 e. The Morgan fingerprint density at radius 2 is 0.477 bits per heavy atom. The van der Waals surface area contributed by atoms with Gasteiger partial charge in [-0.25, -0.2) is 94.3 Å². The molecule has 12 aromatic rings. The van der Waals surface area contributed by atoms with E-state index in [0.29, 0.717) is 33.7 Å². The smallest absolute Gasteiger partial charge is 0.386 e. The number of rotatable bonds is 6. The molecule has 132 heavy (non-hydrogen) atoms. The maximum absolute atomic E-state index is 13.4. The third-order valence-corrected chi connectivity index (χ3v) is 31.5. The van der Waals surface area contributed by atoms with Gasteiger partial charge in [-0.2, -0.15) is 0 Å². The van der Waals surface area contributed by atoms with Gasteiger partial charge in [0.15, 0.2) is 94.5 Å². The molecule has 21 rings (SSSR count). The van der Waals surface area contributed by atoms with Crippen molar-refractivity contribution in [2.45, 2.75) is 161 Å². The Morgan fingerprint density at radius 1 is 0.295 bits per heavy atom. The van der Waals surface area contributed by atoms with E-state index in [2.05, 4.69) is 102 Å². The van der Waals surface area contributed by atoms with Gasteiger partial charge in [-0.05, 0) is 72.9 Å². The second-order valence-corrected chi connectivity index (χ2v) is 47.1. The number of nitrogens with zero attached hydrogens (tertiary/aromatic N) is 24. The predicted octanol–water partition coefficient (Wildman–Crippen LogP) is -1.93. The molecule has 19 N–H and O–H groups in total. The fourth-order valence-corrected chi connectivity index (χ4v) is 24.6. The van der Waals surface area contributed by atoms with E-state index in [1.807, 2.05) is 0 Å². The number of nitrogens with two attached hydrogens (primary N) is 4. The van der Waals surface area contributed by atoms with Crippen LogP contribution in [0.25, 0.3) is 67.0 Å². The first kappa shape index (κ1) is 94.2. The number of thiol groups is 1. The SMILES string of the molecule is Cc1ncnc2c1ncn2[C@H]1OC2COP(O)(=S)O[C@@H]3[C@H](O)[C@@H](n4cnc5c(N)ncnc54)O[C@H]3COP(=O)(S)O[C@@H]2[C@@H]1O.Cc1ncnc2c1ncn2[C@H]1OC2COP(O)(=S)O[C@@H]3[C@H](O)[C@@H](n4cnc5c(N)ncnc54)O[C@H]3COP(O)(=S)O[C@@H]2[C@@H]1O.Nc1ncnc2c1ncn2[C@H]1O[C@H]2COP(O)(=S)O[C@H]3C(COP(O)(=S)O[C@@H]2[C@@H]1O)O[C@H](n1cnc2c(N)ncnc21)[C@H]3O. The molecule has 708 valence electrons. The van der Waals surface area contributed by atoms with Crippen molar-refractivity contribution in [3.63, 3.8) is 0 Å². The van der Waals surface area contributed by atoms with Crippen molar-refractivity contribution in [1.82, 2.24) is 117 Å². The quantitative estimate of drug-likeness (QED) is 0.0636. The first-order valence-electron chi connectivity index (χ1n) is 38.7. The summed E-state index contributed by atoms with van der Waals surface area (Å²) in [5.41, 5.74) is 28.6. The second-order valence-electron chi connectivity index (χ2n) is 30.2. The number of imidazole rings is 6. The van der Waals surface area contributed by atoms with Gasteiger partial charge in [-0.3, -0.25) is 59.1 Å². The lowest BCUT2D eigenvalue weighted by atomic mass is 10.1. The zero-order valence-corrected chi connectivity index (χ0v) is 77.3. The lowest BCUT2D eigenvalue weighted by molar-refractivity contribution is -0.0593. The minimum Gasteiger partial charge on any atom is -0.386 e. The Balaban J connectivity index is 0.000000128. The minimum absolute atomic E-state index is 0.112. The summed E-state index contributed by atoms with van der Waals surface area (Å²) in [5.74, 6) is 0.453. The summed E-state index contributed by atoms with van der Waals surface area (Å²) in [6.07, 6.45) is -14.7. The van der Waals surface area contributed by atoms with Crippen LogP contribution in [0.2, 0.25) is 0 Å². The number of aliphatic hydroxyl groups is 6. The topological polar surface area (TPSA) is 771 Å². The first-order valence-corrected chi connectivity index (χ1v) is 54.4. The number of aromatic nitrogens is 24. The fraction of sp³-hybridized carbons (Fsp3) is 0.516. The van der Waals surface area contributed by atoms with E-state index in [1.54, 1.807) is 13.8 Å². The van der Waals surface area contributed by atoms with Crippen LogP contribution in [0.15, 0.2) is 75.9 Å². The van der Waals surface area contributed by atoms with Crippen LogP contribution in [-0.2, 0) is 146 Å². The van der Waals surface area contributed by atoms with Crippen molar-refractivity contribution in [2.75, 3.05) is 62.6 Å². The number of hydrogen-bond acceptors (Lipinski definition) is 52. The van der Waals surface area contributed by atoms with Crippen LogP contribution in [0.4, 0.5) is 23.3 Å². The number of anilines is 4. The van der Waals surface area contributed by atoms with Gasteiger partial charge in [0.1, 0.15) is 181 Å². The van der Waals surface area contributed by atoms with Crippen molar-refractivity contribution in [3.8, 4) is 0 Å². The summed E-state index contributed by atoms with van der Waals surface area (Å²) in [6.45, 7) is -24.1. The summed E-state index contributed by atoms with van der Waals surface area (Å²) in [4.78, 5) is 129. The van der Waals surface area contributed by atoms with E-state index < -0.39 is 227 Å². The summed E-state index contributed by atoms with van der Waals surface area (Å²) in [5, 5.41) is 67.6. The van der Waals surface area contributed by atoms with Gasteiger partial charge < -0.3 is 129 Å². The first-order chi connectivity index (χ1) is 62.8. The van der Waals surface area contributed by atoms with Crippen LogP contribution in [0.3, 0.4) is 0 Å². The zero-order chi connectivity index (χ0) is 92.9. The Labute approximate surface area is 767 Å². The molecule has 30 atom stereocenters. The molecule has 9 fully saturated rings. The van der Waals surface area contributed by atoms with Crippen LogP contribution in [-0.4, -0.2) is 322 Å². The van der Waals surface area contributed by atoms with E-state index >= 15 is 0 Å². The summed E-state index contributed by atoms with van der Waals surface area (Å²) < 4.78 is 126. The summed E-state index contributed by atoms with van der Waals surface area (Å²) >= 11 is 30.4. The molecule has 0 aromatic carbocycles. The maximum Gasteiger partial charge on any atom is 0.386 e. The lowest BCUT2D eigenvalue weighted by Crippen LogP contribution is -2.39. The van der Waals surface area contributed by atoms with Gasteiger partial charge in [-0.1, -0.05) is 12.2 Å². The second kappa shape index (κ2) is 36.5. The highest BCUT2D eigenvalue weighted by atomic mass is 32.7. The zero-order valence-electron chi connectivity index (χ0n) is 66.9. The molecule has 0 spiro atoms. The van der Waals surface area contributed by atoms with Crippen molar-refractivity contribution in [2.24, 2.45) is 0 Å². The van der Waals surface area contributed by atoms with Crippen LogP contribution < -0.4 is 22.9 Å². The third kappa shape index (κ3) is 18.3. The Kier molecular flexibility index (Phi) is 26.0. The molecule has 9 unspecified atom stereocenters. The number of fused-ring (bicyclic) bond motifs is 12. The van der Waals surface area contributed by atoms with Crippen molar-refractivity contribution in [3.05, 3.63) is 87.3 Å². The lowest BCUT2D eigenvalue weighted by Gasteiger charge is -2.30. The maximum atomic E-state index is 13.4. The highest BCUT2D eigenvalue weighted by Crippen LogP contribution is 2.61. The van der Waals surface area contributed by atoms with Crippen LogP contribution in [0, 0.1) is 13.8 Å². The van der Waals surface area contributed by atoms with Crippen LogP contribution in [0.1, 0.15) is 48.8 Å². The Bertz CT molecular complexity index is 5720. The average molecular weight is 2070 g/mol. The highest BCUT2D eigenvalue weighted by Gasteiger charge is 2.58. The molecule has 21 heterocycles. The van der Waals surface area contributed by atoms with Gasteiger partial charge in [0, 0.05) is 0 Å². The minimum atomic E-state index is -4.24. The molecule has 0 saturated carbocycles. The summed E-state index contributed by atoms with van der Waals surface area (Å²) in [6, 6.07) is 0. The van der Waals surface area contributed by atoms with Gasteiger partial charge in [0.25, 0.3) is 0 Å². The molecule has 70 heteroatoms. The number of hydrogen-bond donors (Lipinski definition) is 16. The number of nitrogen functional groups attached to an aromatic ring is 4. The van der Waals surface area contributed by atoms with Crippen LogP contribution in [0.5, 0.6) is 0 Å². The van der Waals surface area contributed by atoms with E-state index in [-0.39, 0.29) is 67.9 Å². The standard InChI is InChI=1S/2C21H25N9O10P2S2.C20H24N10O10P2S2/c2*1-8-11-18(25-4-23-8)29(6-27-11)20-13(31)15-9(37-20)2-35-42(34,44)40-16-10(3-36-41(33,43)39-15)38-21(14(16)32)30-7-28-12-17(22)24-5-26-19(12)30;21-15-9-17(25-3-23-15)29(5-27-9)19-11(31)13-7(37-19)1-35-41(33,43)40-14-8(2-36-42(34,44)39-13)38-20(12(14)32)30-6-28-10-16(22)24-4-26-18(10)30/h2*4-7,9-10,13-16,20-21,31-32H,2-3H2,1H3,(H,33,43)(H,34,44)(H2,22,24,26);3-8,11-14,19-20,31-32H,1-2H2,(H,33,43)(H,34,44)(H2,21,23,25)(H2,22,24,26)/t2*9?,10-,13-,14-,15-,16-,20-,21-,41?,42?;7-,8?,11-,12-,13-,14-,19-,20-,41?,42?/m000/s1. The normalized spacial score (nSPS) is 38.3. The van der Waals surface area contributed by atoms with E-state index in [0.717, 1.165) is 0 Å². The van der Waals surface area contributed by atoms with Crippen molar-refractivity contribution in [1.29, 1.82) is 0 Å². The number of aryl methyl sites for hydroxylation is 2. The Hall–Kier alpha value is -6.83. The van der Waals surface area contributed by atoms with E-state index in [1.165, 1.54) is 103 Å². The Morgan fingerprint density at radius 3 is 0.697 bits per heavy atom. The molecule has 0 bridgehead atoms. The third-order valence-electron chi connectivity index (χ3n) is 22.1. The molecule has 0 radical (unpaired) electrons. The van der Waals surface area contributed by atoms with Gasteiger partial charge in [0.05, 0.1) is 89.0 Å². The van der Waals surface area contributed by atoms with Gasteiger partial charge >= 0.3 is 40.4 Å². The number of ether oxygens (including phenoxy) is 6. The molecular weight excluding hydrogens is 2000 g/mol. The fourth-order valence-electron chi connectivity index (χ4n) is 15.9. The van der Waals surface area contributed by atoms with E-state index in [9.17, 15) is 59.7 Å². The summed E-state index contributed by atoms with van der Waals surface area (Å²) in [7, 11) is 0. The molecular formula is C62H74N28O30P6S6. The average Bonchev–Trinajstić information content (AvgIpc) is 1.63. The molecule has 9 saturated heterocycles. The molecule has 9 aliphatic heterocycles. The highest BCUT2D eigenvalue weighted by molar-refractivity contribution is 8.44. The molecule has 9 aliphatic rings. The molecule has 0 amide bonds. The van der Waals surface area contributed by atoms with Crippen molar-refractivity contribution >= 4 is 202 Å². The van der Waals surface area contributed by atoms with Crippen molar-refractivity contribution < 1.29 is 142 Å².